The van der Waals surface area contributed by atoms with Crippen molar-refractivity contribution in [1.29, 1.82) is 0 Å². The smallest absolute Gasteiger partial charge is 0.308 e. The van der Waals surface area contributed by atoms with Crippen molar-refractivity contribution in [3.8, 4) is 0 Å². The van der Waals surface area contributed by atoms with Crippen LogP contribution in [-0.2, 0) is 9.53 Å². The van der Waals surface area contributed by atoms with Crippen LogP contribution >= 0.6 is 0 Å². The van der Waals surface area contributed by atoms with Gasteiger partial charge >= 0.3 is 5.97 Å². The van der Waals surface area contributed by atoms with Crippen LogP contribution < -0.4 is 0 Å². The predicted molar refractivity (Wildman–Crippen MR) is 48.2 cm³/mol. The van der Waals surface area contributed by atoms with Gasteiger partial charge in [0.2, 0.25) is 0 Å². The molecule has 0 heterocycles. The van der Waals surface area contributed by atoms with Gasteiger partial charge in [-0.05, 0) is 19.8 Å². The molecule has 0 aromatic heterocycles. The highest BCUT2D eigenvalue weighted by Gasteiger charge is 2.14. The molecule has 0 rings (SSSR count). The maximum atomic E-state index is 10.9. The van der Waals surface area contributed by atoms with Gasteiger partial charge in [-0.1, -0.05) is 6.92 Å². The van der Waals surface area contributed by atoms with Crippen molar-refractivity contribution in [2.45, 2.75) is 45.3 Å². The van der Waals surface area contributed by atoms with Crippen molar-refractivity contribution < 1.29 is 19.7 Å². The van der Waals surface area contributed by atoms with Crippen LogP contribution in [0.3, 0.4) is 0 Å². The summed E-state index contributed by atoms with van der Waals surface area (Å²) in [5.74, 6) is -0.418. The number of ether oxygens (including phenoxy) is 1. The number of aliphatic hydroxyl groups is 2. The molecular weight excluding hydrogens is 172 g/mol. The van der Waals surface area contributed by atoms with E-state index >= 15 is 0 Å². The molecule has 2 atom stereocenters. The minimum atomic E-state index is -0.797. The molecule has 0 aromatic carbocycles. The Bertz CT molecular complexity index is 147. The molecule has 78 valence electrons. The van der Waals surface area contributed by atoms with Crippen LogP contribution in [-0.4, -0.2) is 35.0 Å². The Hall–Kier alpha value is -0.610. The maximum absolute atomic E-state index is 10.9. The molecule has 0 fully saturated rings. The number of carbonyl (C=O) groups is 1. The highest BCUT2D eigenvalue weighted by Crippen LogP contribution is 2.06. The fraction of sp³-hybridized carbons (Fsp3) is 0.889. The number of rotatable bonds is 6. The molecule has 0 aliphatic carbocycles. The summed E-state index contributed by atoms with van der Waals surface area (Å²) >= 11 is 0. The average Bonchev–Trinajstić information content (AvgIpc) is 2.04. The lowest BCUT2D eigenvalue weighted by atomic mass is 10.1. The Morgan fingerprint density at radius 1 is 1.31 bits per heavy atom. The summed E-state index contributed by atoms with van der Waals surface area (Å²) in [6.07, 6.45) is -0.557. The molecule has 0 saturated carbocycles. The zero-order valence-electron chi connectivity index (χ0n) is 8.19. The van der Waals surface area contributed by atoms with Crippen LogP contribution in [0.4, 0.5) is 0 Å². The lowest BCUT2D eigenvalue weighted by molar-refractivity contribution is -0.145. The van der Waals surface area contributed by atoms with E-state index in [0.29, 0.717) is 13.0 Å². The Kier molecular flexibility index (Phi) is 6.54. The molecule has 13 heavy (non-hydrogen) atoms. The molecule has 0 aliphatic heterocycles. The largest absolute Gasteiger partial charge is 0.466 e. The SMILES string of the molecule is CCOC(=O)CC(O)CC(O)CC. The van der Waals surface area contributed by atoms with E-state index in [4.69, 9.17) is 5.11 Å². The van der Waals surface area contributed by atoms with Crippen LogP contribution in [0.2, 0.25) is 0 Å². The van der Waals surface area contributed by atoms with Gasteiger partial charge in [-0.3, -0.25) is 4.79 Å². The third-order valence-corrected chi connectivity index (χ3v) is 1.72. The monoisotopic (exact) mass is 190 g/mol. The van der Waals surface area contributed by atoms with Crippen LogP contribution in [0.1, 0.15) is 33.1 Å². The van der Waals surface area contributed by atoms with Gasteiger partial charge < -0.3 is 14.9 Å². The van der Waals surface area contributed by atoms with E-state index in [9.17, 15) is 9.90 Å². The summed E-state index contributed by atoms with van der Waals surface area (Å²) in [6.45, 7) is 3.86. The van der Waals surface area contributed by atoms with Gasteiger partial charge in [-0.25, -0.2) is 0 Å². The molecule has 2 N–H and O–H groups in total. The summed E-state index contributed by atoms with van der Waals surface area (Å²) < 4.78 is 4.65. The van der Waals surface area contributed by atoms with Crippen LogP contribution in [0, 0.1) is 0 Å². The third kappa shape index (κ3) is 6.54. The van der Waals surface area contributed by atoms with E-state index in [2.05, 4.69) is 4.74 Å². The molecule has 0 spiro atoms. The Morgan fingerprint density at radius 3 is 2.38 bits per heavy atom. The normalized spacial score (nSPS) is 15.1. The fourth-order valence-corrected chi connectivity index (χ4v) is 0.976. The molecule has 0 bridgehead atoms. The molecular formula is C9H18O4. The summed E-state index contributed by atoms with van der Waals surface area (Å²) in [5, 5.41) is 18.4. The van der Waals surface area contributed by atoms with Gasteiger partial charge in [-0.15, -0.1) is 0 Å². The van der Waals surface area contributed by atoms with Crippen molar-refractivity contribution in [2.75, 3.05) is 6.61 Å². The van der Waals surface area contributed by atoms with Gasteiger partial charge in [0, 0.05) is 0 Å². The quantitative estimate of drug-likeness (QED) is 0.597. The van der Waals surface area contributed by atoms with Crippen molar-refractivity contribution in [3.63, 3.8) is 0 Å². The van der Waals surface area contributed by atoms with Gasteiger partial charge in [0.05, 0.1) is 25.2 Å². The van der Waals surface area contributed by atoms with E-state index in [1.807, 2.05) is 6.92 Å². The van der Waals surface area contributed by atoms with E-state index in [-0.39, 0.29) is 12.8 Å². The number of esters is 1. The molecule has 0 saturated heterocycles. The maximum Gasteiger partial charge on any atom is 0.308 e. The van der Waals surface area contributed by atoms with Gasteiger partial charge in [0.15, 0.2) is 0 Å². The van der Waals surface area contributed by atoms with Crippen molar-refractivity contribution in [2.24, 2.45) is 0 Å². The second-order valence-corrected chi connectivity index (χ2v) is 2.96. The second-order valence-electron chi connectivity index (χ2n) is 2.96. The molecule has 2 unspecified atom stereocenters. The Balaban J connectivity index is 3.60. The van der Waals surface area contributed by atoms with Crippen LogP contribution in [0.5, 0.6) is 0 Å². The average molecular weight is 190 g/mol. The summed E-state index contributed by atoms with van der Waals surface area (Å²) in [7, 11) is 0. The van der Waals surface area contributed by atoms with Crippen LogP contribution in [0.25, 0.3) is 0 Å². The van der Waals surface area contributed by atoms with E-state index < -0.39 is 18.2 Å². The molecule has 4 nitrogen and oxygen atoms in total. The third-order valence-electron chi connectivity index (χ3n) is 1.72. The molecule has 4 heteroatoms. The minimum Gasteiger partial charge on any atom is -0.466 e. The second kappa shape index (κ2) is 6.86. The predicted octanol–water partition coefficient (Wildman–Crippen LogP) is 0.461. The minimum absolute atomic E-state index is 0.0368. The first-order valence-electron chi connectivity index (χ1n) is 4.61. The molecule has 0 aliphatic rings. The molecule has 0 aromatic rings. The highest BCUT2D eigenvalue weighted by molar-refractivity contribution is 5.69. The highest BCUT2D eigenvalue weighted by atomic mass is 16.5. The van der Waals surface area contributed by atoms with Crippen molar-refractivity contribution in [3.05, 3.63) is 0 Å². The van der Waals surface area contributed by atoms with E-state index in [1.165, 1.54) is 0 Å². The van der Waals surface area contributed by atoms with Crippen molar-refractivity contribution in [1.82, 2.24) is 0 Å². The topological polar surface area (TPSA) is 66.8 Å². The Morgan fingerprint density at radius 2 is 1.92 bits per heavy atom. The zero-order chi connectivity index (χ0) is 10.3. The number of carbonyl (C=O) groups excluding carboxylic acids is 1. The zero-order valence-corrected chi connectivity index (χ0v) is 8.19. The lowest BCUT2D eigenvalue weighted by Crippen LogP contribution is -2.21. The molecule has 0 radical (unpaired) electrons. The van der Waals surface area contributed by atoms with Crippen molar-refractivity contribution >= 4 is 5.97 Å². The van der Waals surface area contributed by atoms with Gasteiger partial charge in [0.25, 0.3) is 0 Å². The number of hydrogen-bond donors (Lipinski definition) is 2. The molecule has 0 amide bonds. The van der Waals surface area contributed by atoms with Crippen LogP contribution in [0.15, 0.2) is 0 Å². The van der Waals surface area contributed by atoms with E-state index in [0.717, 1.165) is 0 Å². The summed E-state index contributed by atoms with van der Waals surface area (Å²) in [6, 6.07) is 0. The van der Waals surface area contributed by atoms with Gasteiger partial charge in [0.1, 0.15) is 0 Å². The van der Waals surface area contributed by atoms with Gasteiger partial charge in [-0.2, -0.15) is 0 Å². The first kappa shape index (κ1) is 12.4. The standard InChI is InChI=1S/C9H18O4/c1-3-7(10)5-8(11)6-9(12)13-4-2/h7-8,10-11H,3-6H2,1-2H3. The summed E-state index contributed by atoms with van der Waals surface area (Å²) in [4.78, 5) is 10.9. The summed E-state index contributed by atoms with van der Waals surface area (Å²) in [5.41, 5.74) is 0. The fourth-order valence-electron chi connectivity index (χ4n) is 0.976. The first-order valence-corrected chi connectivity index (χ1v) is 4.61. The lowest BCUT2D eigenvalue weighted by Gasteiger charge is -2.13. The Labute approximate surface area is 78.5 Å². The number of aliphatic hydroxyl groups excluding tert-OH is 2. The van der Waals surface area contributed by atoms with E-state index in [1.54, 1.807) is 6.92 Å². The first-order chi connectivity index (χ1) is 6.10. The number of hydrogen-bond acceptors (Lipinski definition) is 4.